The summed E-state index contributed by atoms with van der Waals surface area (Å²) < 4.78 is 0. The molecule has 3 heteroatoms. The molecule has 0 atom stereocenters. The molecule has 0 spiro atoms. The third-order valence-electron chi connectivity index (χ3n) is 0.667. The highest BCUT2D eigenvalue weighted by Gasteiger charge is 1.57. The Hall–Kier alpha value is -0.530. The molecule has 1 aromatic rings. The van der Waals surface area contributed by atoms with Gasteiger partial charge >= 0.3 is 0 Å². The van der Waals surface area contributed by atoms with Crippen molar-refractivity contribution in [3.8, 4) is 0 Å². The number of hydrogen-bond donors (Lipinski definition) is 0. The Morgan fingerprint density at radius 3 is 1.10 bits per heavy atom. The van der Waals surface area contributed by atoms with Crippen LogP contribution in [0.3, 0.4) is 0 Å². The van der Waals surface area contributed by atoms with E-state index in [2.05, 4.69) is 11.6 Å². The molecule has 0 saturated carbocycles. The van der Waals surface area contributed by atoms with Crippen LogP contribution in [0.25, 0.3) is 0 Å². The fourth-order valence-corrected chi connectivity index (χ4v) is 0.385. The van der Waals surface area contributed by atoms with Crippen molar-refractivity contribution in [2.45, 2.75) is 0 Å². The summed E-state index contributed by atoms with van der Waals surface area (Å²) in [4.78, 5) is 8.57. The molecule has 0 aliphatic carbocycles. The molecule has 1 nitrogen and oxygen atoms in total. The molecule has 0 N–H and O–H groups in total. The number of carbonyl (C=O) groups excluding carboxylic acids is 1. The van der Waals surface area contributed by atoms with E-state index in [-0.39, 0.29) is 18.2 Å². The first-order valence-electron chi connectivity index (χ1n) is 2.45. The molecule has 0 amide bonds. The van der Waals surface area contributed by atoms with Crippen LogP contribution in [-0.2, 0) is 4.79 Å². The molecule has 0 saturated heterocycles. The first kappa shape index (κ1) is 12.2. The Bertz CT molecular complexity index is 115. The molecule has 0 heterocycles. The topological polar surface area (TPSA) is 17.1 Å². The zero-order chi connectivity index (χ0) is 6.95. The highest BCUT2D eigenvalue weighted by Crippen LogP contribution is 1.79. The second-order valence-corrected chi connectivity index (χ2v) is 1.42. The Morgan fingerprint density at radius 2 is 1.00 bits per heavy atom. The number of halogens is 2. The predicted molar refractivity (Wildman–Crippen MR) is 46.3 cm³/mol. The van der Waals surface area contributed by atoms with Crippen LogP contribution < -0.4 is 0 Å². The summed E-state index contributed by atoms with van der Waals surface area (Å²) in [5.74, 6) is 0.222. The average Bonchev–Trinajstić information content (AvgIpc) is 1.93. The molecule has 0 aromatic heterocycles. The van der Waals surface area contributed by atoms with Crippen LogP contribution in [0.4, 0.5) is 0 Å². The fourth-order valence-electron chi connectivity index (χ4n) is 0.385. The Kier molecular flexibility index (Phi) is 13.7. The maximum absolute atomic E-state index is 8.57. The van der Waals surface area contributed by atoms with Gasteiger partial charge < -0.3 is 0 Å². The highest BCUT2D eigenvalue weighted by atomic mass is 35.5. The number of benzene rings is 1. The number of rotatable bonds is 0. The third kappa shape index (κ3) is 10.5. The van der Waals surface area contributed by atoms with Gasteiger partial charge in [-0.3, -0.25) is 4.79 Å². The van der Waals surface area contributed by atoms with E-state index in [1.807, 2.05) is 36.4 Å². The summed E-state index contributed by atoms with van der Waals surface area (Å²) in [5.41, 5.74) is 0. The van der Waals surface area contributed by atoms with E-state index in [1.165, 1.54) is 0 Å². The molecule has 1 rings (SSSR count). The van der Waals surface area contributed by atoms with Crippen molar-refractivity contribution >= 4 is 29.8 Å². The molecule has 0 aliphatic rings. The Labute approximate surface area is 71.4 Å². The summed E-state index contributed by atoms with van der Waals surface area (Å²) in [6.07, 6.45) is 0. The summed E-state index contributed by atoms with van der Waals surface area (Å²) >= 11 is 4.32. The number of carbonyl (C=O) groups is 1. The van der Waals surface area contributed by atoms with E-state index in [0.717, 1.165) is 0 Å². The summed E-state index contributed by atoms with van der Waals surface area (Å²) in [6.45, 7) is 0. The predicted octanol–water partition coefficient (Wildman–Crippen LogP) is 2.52. The summed E-state index contributed by atoms with van der Waals surface area (Å²) in [5, 5.41) is 0. The number of hydrogen-bond acceptors (Lipinski definition) is 1. The zero-order valence-electron chi connectivity index (χ0n) is 5.24. The van der Waals surface area contributed by atoms with Gasteiger partial charge in [0.1, 0.15) is 0 Å². The highest BCUT2D eigenvalue weighted by molar-refractivity contribution is 6.54. The lowest BCUT2D eigenvalue weighted by Gasteiger charge is -1.69. The van der Waals surface area contributed by atoms with Gasteiger partial charge in [-0.25, -0.2) is 0 Å². The third-order valence-corrected chi connectivity index (χ3v) is 0.667. The van der Waals surface area contributed by atoms with Gasteiger partial charge in [0.05, 0.1) is 0 Å². The van der Waals surface area contributed by atoms with Gasteiger partial charge in [-0.2, -0.15) is 0 Å². The van der Waals surface area contributed by atoms with E-state index in [0.29, 0.717) is 0 Å². The van der Waals surface area contributed by atoms with Crippen LogP contribution in [0, 0.1) is 0 Å². The minimum absolute atomic E-state index is 0. The largest absolute Gasteiger partial charge is 0.285 e. The van der Waals surface area contributed by atoms with Gasteiger partial charge in [0, 0.05) is 0 Å². The molecule has 0 bridgehead atoms. The first-order valence-corrected chi connectivity index (χ1v) is 2.89. The van der Waals surface area contributed by atoms with Crippen molar-refractivity contribution < 1.29 is 4.79 Å². The SMILES string of the molecule is Cl.O=CCl.c1ccccc1. The quantitative estimate of drug-likeness (QED) is 0.441. The lowest BCUT2D eigenvalue weighted by molar-refractivity contribution is 0.569. The summed E-state index contributed by atoms with van der Waals surface area (Å²) in [6, 6.07) is 12.0. The van der Waals surface area contributed by atoms with Gasteiger partial charge in [0.15, 0.2) is 0 Å². The van der Waals surface area contributed by atoms with Crippen LogP contribution in [0.1, 0.15) is 0 Å². The molecular weight excluding hydrogens is 171 g/mol. The minimum Gasteiger partial charge on any atom is -0.285 e. The van der Waals surface area contributed by atoms with Gasteiger partial charge in [0.2, 0.25) is 5.75 Å². The van der Waals surface area contributed by atoms with E-state index in [9.17, 15) is 0 Å². The molecule has 10 heavy (non-hydrogen) atoms. The monoisotopic (exact) mass is 178 g/mol. The standard InChI is InChI=1S/C6H6.CHClO.ClH/c1-2-4-6-5-3-1;2-1-3;/h1-6H;1H;1H. The van der Waals surface area contributed by atoms with Crippen molar-refractivity contribution in [3.63, 3.8) is 0 Å². The van der Waals surface area contributed by atoms with E-state index in [1.54, 1.807) is 0 Å². The molecule has 0 aliphatic heterocycles. The zero-order valence-corrected chi connectivity index (χ0v) is 6.81. The fraction of sp³-hybridized carbons (Fsp3) is 0. The maximum Gasteiger partial charge on any atom is 0.208 e. The van der Waals surface area contributed by atoms with Crippen molar-refractivity contribution in [1.29, 1.82) is 0 Å². The lowest BCUT2D eigenvalue weighted by Crippen LogP contribution is -1.47. The molecule has 1 aromatic carbocycles. The maximum atomic E-state index is 8.57. The molecule has 0 radical (unpaired) electrons. The smallest absolute Gasteiger partial charge is 0.208 e. The molecule has 0 unspecified atom stereocenters. The molecule has 0 fully saturated rings. The Balaban J connectivity index is 0. The van der Waals surface area contributed by atoms with Crippen LogP contribution in [-0.4, -0.2) is 5.75 Å². The lowest BCUT2D eigenvalue weighted by atomic mass is 10.4. The van der Waals surface area contributed by atoms with Crippen LogP contribution in [0.5, 0.6) is 0 Å². The van der Waals surface area contributed by atoms with Gasteiger partial charge in [-0.1, -0.05) is 36.4 Å². The molecule has 56 valence electrons. The van der Waals surface area contributed by atoms with Gasteiger partial charge in [-0.05, 0) is 11.6 Å². The molecular formula is C7H8Cl2O. The second kappa shape index (κ2) is 11.3. The van der Waals surface area contributed by atoms with Crippen molar-refractivity contribution in [1.82, 2.24) is 0 Å². The van der Waals surface area contributed by atoms with Gasteiger partial charge in [0.25, 0.3) is 0 Å². The van der Waals surface area contributed by atoms with Crippen molar-refractivity contribution in [2.75, 3.05) is 0 Å². The van der Waals surface area contributed by atoms with Gasteiger partial charge in [-0.15, -0.1) is 12.4 Å². The van der Waals surface area contributed by atoms with E-state index in [4.69, 9.17) is 4.79 Å². The van der Waals surface area contributed by atoms with Crippen LogP contribution in [0.2, 0.25) is 0 Å². The summed E-state index contributed by atoms with van der Waals surface area (Å²) in [7, 11) is 0. The van der Waals surface area contributed by atoms with Crippen molar-refractivity contribution in [2.24, 2.45) is 0 Å². The van der Waals surface area contributed by atoms with Crippen molar-refractivity contribution in [3.05, 3.63) is 36.4 Å². The minimum atomic E-state index is 0. The Morgan fingerprint density at radius 1 is 0.900 bits per heavy atom. The normalized spacial score (nSPS) is 6.10. The average molecular weight is 179 g/mol. The van der Waals surface area contributed by atoms with E-state index < -0.39 is 0 Å². The van der Waals surface area contributed by atoms with Crippen LogP contribution >= 0.6 is 24.0 Å². The van der Waals surface area contributed by atoms with E-state index >= 15 is 0 Å². The first-order chi connectivity index (χ1) is 4.41. The second-order valence-electron chi connectivity index (χ2n) is 1.24. The van der Waals surface area contributed by atoms with Crippen LogP contribution in [0.15, 0.2) is 36.4 Å².